The second-order valence-corrected chi connectivity index (χ2v) is 5.66. The van der Waals surface area contributed by atoms with Gasteiger partial charge in [0.15, 0.2) is 0 Å². The highest BCUT2D eigenvalue weighted by molar-refractivity contribution is 5.60. The van der Waals surface area contributed by atoms with E-state index in [1.54, 1.807) is 0 Å². The average molecular weight is 262 g/mol. The first-order chi connectivity index (χ1) is 9.15. The molecule has 0 amide bonds. The summed E-state index contributed by atoms with van der Waals surface area (Å²) in [7, 11) is 0. The molecule has 2 atom stereocenters. The molecule has 3 nitrogen and oxygen atoms in total. The number of aliphatic hydroxyl groups excluding tert-OH is 1. The van der Waals surface area contributed by atoms with E-state index in [0.29, 0.717) is 12.1 Å². The third-order valence-electron chi connectivity index (χ3n) is 4.15. The van der Waals surface area contributed by atoms with E-state index in [1.807, 2.05) is 0 Å². The lowest BCUT2D eigenvalue weighted by Gasteiger charge is -2.38. The van der Waals surface area contributed by atoms with Crippen molar-refractivity contribution in [2.45, 2.75) is 45.7 Å². The second kappa shape index (κ2) is 6.40. The van der Waals surface area contributed by atoms with Gasteiger partial charge < -0.3 is 15.3 Å². The summed E-state index contributed by atoms with van der Waals surface area (Å²) in [6.45, 7) is 8.93. The number of para-hydroxylation sites is 1. The lowest BCUT2D eigenvalue weighted by atomic mass is 10.0. The van der Waals surface area contributed by atoms with Gasteiger partial charge in [-0.3, -0.25) is 0 Å². The van der Waals surface area contributed by atoms with Crippen molar-refractivity contribution < 1.29 is 5.11 Å². The van der Waals surface area contributed by atoms with Gasteiger partial charge in [-0.15, -0.1) is 0 Å². The minimum Gasteiger partial charge on any atom is -0.396 e. The molecule has 3 heteroatoms. The highest BCUT2D eigenvalue weighted by Gasteiger charge is 2.27. The van der Waals surface area contributed by atoms with Gasteiger partial charge in [-0.1, -0.05) is 18.2 Å². The average Bonchev–Trinajstić information content (AvgIpc) is 2.54. The maximum atomic E-state index is 9.35. The van der Waals surface area contributed by atoms with Gasteiger partial charge in [0, 0.05) is 30.9 Å². The van der Waals surface area contributed by atoms with Crippen LogP contribution in [0.4, 0.5) is 5.69 Å². The van der Waals surface area contributed by atoms with Crippen LogP contribution in [0.3, 0.4) is 0 Å². The van der Waals surface area contributed by atoms with Crippen molar-refractivity contribution in [1.29, 1.82) is 0 Å². The number of hydrogen-bond acceptors (Lipinski definition) is 3. The summed E-state index contributed by atoms with van der Waals surface area (Å²) in [5.74, 6) is 0. The van der Waals surface area contributed by atoms with Crippen LogP contribution < -0.4 is 10.2 Å². The maximum absolute atomic E-state index is 9.35. The van der Waals surface area contributed by atoms with Crippen LogP contribution in [0.2, 0.25) is 0 Å². The molecule has 106 valence electrons. The van der Waals surface area contributed by atoms with Crippen LogP contribution in [0.25, 0.3) is 0 Å². The quantitative estimate of drug-likeness (QED) is 0.877. The Morgan fingerprint density at radius 3 is 2.63 bits per heavy atom. The molecule has 2 N–H and O–H groups in total. The zero-order valence-electron chi connectivity index (χ0n) is 12.3. The van der Waals surface area contributed by atoms with Gasteiger partial charge in [-0.05, 0) is 51.3 Å². The summed E-state index contributed by atoms with van der Waals surface area (Å²) >= 11 is 0. The Morgan fingerprint density at radius 1 is 1.32 bits per heavy atom. The minimum atomic E-state index is 0.250. The predicted molar refractivity (Wildman–Crippen MR) is 80.8 cm³/mol. The fraction of sp³-hybridized carbons (Fsp3) is 0.625. The molecule has 1 saturated heterocycles. The lowest BCUT2D eigenvalue weighted by Crippen LogP contribution is -2.45. The van der Waals surface area contributed by atoms with Crippen LogP contribution in [0, 0.1) is 13.8 Å². The Balaban J connectivity index is 2.40. The molecule has 1 aromatic carbocycles. The van der Waals surface area contributed by atoms with Gasteiger partial charge in [0.25, 0.3) is 0 Å². The van der Waals surface area contributed by atoms with Crippen molar-refractivity contribution in [2.75, 3.05) is 24.6 Å². The third-order valence-corrected chi connectivity index (χ3v) is 4.15. The molecule has 0 bridgehead atoms. The van der Waals surface area contributed by atoms with E-state index in [0.717, 1.165) is 25.9 Å². The van der Waals surface area contributed by atoms with Crippen molar-refractivity contribution in [1.82, 2.24) is 5.32 Å². The number of rotatable bonds is 3. The molecule has 1 heterocycles. The molecule has 1 aromatic rings. The maximum Gasteiger partial charge on any atom is 0.0451 e. The van der Waals surface area contributed by atoms with E-state index < -0.39 is 0 Å². The fourth-order valence-electron chi connectivity index (χ4n) is 3.18. The van der Waals surface area contributed by atoms with Gasteiger partial charge >= 0.3 is 0 Å². The molecule has 1 fully saturated rings. The molecule has 2 unspecified atom stereocenters. The van der Waals surface area contributed by atoms with Crippen molar-refractivity contribution in [3.63, 3.8) is 0 Å². The van der Waals surface area contributed by atoms with Crippen molar-refractivity contribution in [2.24, 2.45) is 0 Å². The summed E-state index contributed by atoms with van der Waals surface area (Å²) in [6.07, 6.45) is 1.97. The molecule has 19 heavy (non-hydrogen) atoms. The molecule has 1 aliphatic heterocycles. The van der Waals surface area contributed by atoms with E-state index in [4.69, 9.17) is 0 Å². The second-order valence-electron chi connectivity index (χ2n) is 5.66. The first-order valence-electron chi connectivity index (χ1n) is 7.31. The van der Waals surface area contributed by atoms with E-state index in [1.165, 1.54) is 16.8 Å². The number of hydrogen-bond donors (Lipinski definition) is 2. The molecule has 0 radical (unpaired) electrons. The number of anilines is 1. The van der Waals surface area contributed by atoms with Gasteiger partial charge in [-0.25, -0.2) is 0 Å². The first kappa shape index (κ1) is 14.4. The molecular weight excluding hydrogens is 236 g/mol. The number of nitrogens with one attached hydrogen (secondary N) is 1. The van der Waals surface area contributed by atoms with Gasteiger partial charge in [0.1, 0.15) is 0 Å². The normalized spacial score (nSPS) is 24.3. The zero-order chi connectivity index (χ0) is 13.8. The number of benzene rings is 1. The monoisotopic (exact) mass is 262 g/mol. The van der Waals surface area contributed by atoms with Crippen LogP contribution in [-0.4, -0.2) is 36.9 Å². The Kier molecular flexibility index (Phi) is 4.83. The number of nitrogens with zero attached hydrogens (tertiary/aromatic N) is 1. The smallest absolute Gasteiger partial charge is 0.0451 e. The van der Waals surface area contributed by atoms with E-state index in [-0.39, 0.29) is 6.61 Å². The van der Waals surface area contributed by atoms with E-state index in [2.05, 4.69) is 49.2 Å². The predicted octanol–water partition coefficient (Wildman–Crippen LogP) is 2.24. The zero-order valence-corrected chi connectivity index (χ0v) is 12.3. The van der Waals surface area contributed by atoms with Crippen molar-refractivity contribution in [3.8, 4) is 0 Å². The van der Waals surface area contributed by atoms with Crippen LogP contribution >= 0.6 is 0 Å². The Labute approximate surface area is 116 Å². The topological polar surface area (TPSA) is 35.5 Å². The first-order valence-corrected chi connectivity index (χ1v) is 7.31. The fourth-order valence-corrected chi connectivity index (χ4v) is 3.18. The lowest BCUT2D eigenvalue weighted by molar-refractivity contribution is 0.271. The summed E-state index contributed by atoms with van der Waals surface area (Å²) in [5.41, 5.74) is 4.02. The Bertz CT molecular complexity index is 399. The molecule has 0 aliphatic carbocycles. The summed E-state index contributed by atoms with van der Waals surface area (Å²) < 4.78 is 0. The van der Waals surface area contributed by atoms with Crippen LogP contribution in [0.5, 0.6) is 0 Å². The largest absolute Gasteiger partial charge is 0.396 e. The molecule has 0 spiro atoms. The van der Waals surface area contributed by atoms with Gasteiger partial charge in [-0.2, -0.15) is 0 Å². The SMILES string of the molecule is Cc1cccc(C)c1N1C(C)CCNCC1CCO. The van der Waals surface area contributed by atoms with Crippen LogP contribution in [0.15, 0.2) is 18.2 Å². The van der Waals surface area contributed by atoms with Gasteiger partial charge in [0.05, 0.1) is 0 Å². The Hall–Kier alpha value is -1.06. The summed E-state index contributed by atoms with van der Waals surface area (Å²) in [5, 5.41) is 12.8. The molecule has 0 aromatic heterocycles. The Morgan fingerprint density at radius 2 is 2.00 bits per heavy atom. The molecule has 0 saturated carbocycles. The highest BCUT2D eigenvalue weighted by Crippen LogP contribution is 2.30. The number of aliphatic hydroxyl groups is 1. The van der Waals surface area contributed by atoms with E-state index in [9.17, 15) is 5.11 Å². The van der Waals surface area contributed by atoms with E-state index >= 15 is 0 Å². The van der Waals surface area contributed by atoms with Gasteiger partial charge in [0.2, 0.25) is 0 Å². The standard InChI is InChI=1S/C16H26N2O/c1-12-5-4-6-13(2)16(12)18-14(3)7-9-17-11-15(18)8-10-19/h4-6,14-15,17,19H,7-11H2,1-3H3. The van der Waals surface area contributed by atoms with Crippen molar-refractivity contribution in [3.05, 3.63) is 29.3 Å². The molecule has 1 aliphatic rings. The molecule has 2 rings (SSSR count). The molecular formula is C16H26N2O. The summed E-state index contributed by atoms with van der Waals surface area (Å²) in [6, 6.07) is 7.37. The summed E-state index contributed by atoms with van der Waals surface area (Å²) in [4.78, 5) is 2.53. The van der Waals surface area contributed by atoms with Crippen LogP contribution in [0.1, 0.15) is 30.9 Å². The third kappa shape index (κ3) is 3.10. The minimum absolute atomic E-state index is 0.250. The van der Waals surface area contributed by atoms with Crippen molar-refractivity contribution >= 4 is 5.69 Å². The highest BCUT2D eigenvalue weighted by atomic mass is 16.3. The number of aryl methyl sites for hydroxylation is 2. The van der Waals surface area contributed by atoms with Crippen LogP contribution in [-0.2, 0) is 0 Å².